The smallest absolute Gasteiger partial charge is 0.265 e. The van der Waals surface area contributed by atoms with E-state index in [9.17, 15) is 9.59 Å². The molecule has 0 bridgehead atoms. The van der Waals surface area contributed by atoms with E-state index in [0.717, 1.165) is 5.56 Å². The van der Waals surface area contributed by atoms with Gasteiger partial charge >= 0.3 is 0 Å². The molecule has 0 saturated carbocycles. The van der Waals surface area contributed by atoms with Gasteiger partial charge in [0.2, 0.25) is 0 Å². The highest BCUT2D eigenvalue weighted by Gasteiger charge is 2.23. The molecule has 1 aliphatic rings. The Hall–Kier alpha value is -3.02. The molecule has 0 aromatic heterocycles. The molecule has 0 spiro atoms. The quantitative estimate of drug-likeness (QED) is 0.906. The summed E-state index contributed by atoms with van der Waals surface area (Å²) in [6, 6.07) is 12.6. The summed E-state index contributed by atoms with van der Waals surface area (Å²) in [6.07, 6.45) is -0.527. The van der Waals surface area contributed by atoms with Gasteiger partial charge in [0.15, 0.2) is 12.7 Å². The molecule has 1 heterocycles. The molecule has 0 fully saturated rings. The predicted octanol–water partition coefficient (Wildman–Crippen LogP) is 2.73. The zero-order chi connectivity index (χ0) is 17.1. The fourth-order valence-electron chi connectivity index (χ4n) is 2.35. The minimum Gasteiger partial charge on any atom is -0.483 e. The number of hydrogen-bond donors (Lipinski definition) is 2. The molecule has 24 heavy (non-hydrogen) atoms. The third-order valence-electron chi connectivity index (χ3n) is 3.65. The molecule has 3 rings (SSSR count). The fourth-order valence-corrected chi connectivity index (χ4v) is 2.35. The van der Waals surface area contributed by atoms with Crippen LogP contribution in [0.2, 0.25) is 0 Å². The van der Waals surface area contributed by atoms with Crippen molar-refractivity contribution in [3.63, 3.8) is 0 Å². The lowest BCUT2D eigenvalue weighted by atomic mass is 10.2. The van der Waals surface area contributed by atoms with Crippen LogP contribution in [0.25, 0.3) is 0 Å². The van der Waals surface area contributed by atoms with Crippen molar-refractivity contribution in [2.24, 2.45) is 0 Å². The summed E-state index contributed by atoms with van der Waals surface area (Å²) in [5.41, 5.74) is 2.06. The van der Waals surface area contributed by atoms with E-state index < -0.39 is 6.10 Å². The van der Waals surface area contributed by atoms with E-state index in [0.29, 0.717) is 22.9 Å². The van der Waals surface area contributed by atoms with Gasteiger partial charge in [-0.15, -0.1) is 0 Å². The standard InChI is InChI=1S/C18H18N2O4/c1-11-5-3-4-6-15(11)23-10-17(21)19-13-7-8-16-14(9-13)20-18(22)12(2)24-16/h3-9,12H,10H2,1-2H3,(H,19,21)(H,20,22). The van der Waals surface area contributed by atoms with E-state index >= 15 is 0 Å². The summed E-state index contributed by atoms with van der Waals surface area (Å²) < 4.78 is 11.0. The maximum Gasteiger partial charge on any atom is 0.265 e. The summed E-state index contributed by atoms with van der Waals surface area (Å²) >= 11 is 0. The number of hydrogen-bond acceptors (Lipinski definition) is 4. The van der Waals surface area contributed by atoms with Crippen LogP contribution in [0.4, 0.5) is 11.4 Å². The molecule has 0 saturated heterocycles. The lowest BCUT2D eigenvalue weighted by Crippen LogP contribution is -2.34. The Labute approximate surface area is 139 Å². The zero-order valence-corrected chi connectivity index (χ0v) is 13.5. The summed E-state index contributed by atoms with van der Waals surface area (Å²) in [5, 5.41) is 5.48. The van der Waals surface area contributed by atoms with Crippen LogP contribution in [0.1, 0.15) is 12.5 Å². The molecule has 0 aliphatic carbocycles. The number of carbonyl (C=O) groups is 2. The number of para-hydroxylation sites is 1. The van der Waals surface area contributed by atoms with E-state index in [1.165, 1.54) is 0 Å². The molecule has 1 atom stereocenters. The Balaban J connectivity index is 1.62. The minimum absolute atomic E-state index is 0.0954. The number of ether oxygens (including phenoxy) is 2. The number of benzene rings is 2. The zero-order valence-electron chi connectivity index (χ0n) is 13.5. The van der Waals surface area contributed by atoms with Crippen LogP contribution in [0.15, 0.2) is 42.5 Å². The van der Waals surface area contributed by atoms with Gasteiger partial charge in [-0.3, -0.25) is 9.59 Å². The van der Waals surface area contributed by atoms with Gasteiger partial charge in [-0.2, -0.15) is 0 Å². The van der Waals surface area contributed by atoms with E-state index in [1.807, 2.05) is 31.2 Å². The number of carbonyl (C=O) groups excluding carboxylic acids is 2. The van der Waals surface area contributed by atoms with Crippen LogP contribution >= 0.6 is 0 Å². The van der Waals surface area contributed by atoms with Gasteiger partial charge in [0.1, 0.15) is 11.5 Å². The molecule has 124 valence electrons. The molecular formula is C18H18N2O4. The maximum atomic E-state index is 12.0. The van der Waals surface area contributed by atoms with Gasteiger partial charge in [0.05, 0.1) is 5.69 Å². The Morgan fingerprint density at radius 1 is 1.29 bits per heavy atom. The number of aryl methyl sites for hydroxylation is 1. The molecule has 2 amide bonds. The third-order valence-corrected chi connectivity index (χ3v) is 3.65. The second kappa shape index (κ2) is 6.62. The van der Waals surface area contributed by atoms with Crippen LogP contribution < -0.4 is 20.1 Å². The van der Waals surface area contributed by atoms with Gasteiger partial charge in [-0.25, -0.2) is 0 Å². The van der Waals surface area contributed by atoms with Gasteiger partial charge in [0.25, 0.3) is 11.8 Å². The minimum atomic E-state index is -0.527. The van der Waals surface area contributed by atoms with Crippen LogP contribution in [0, 0.1) is 6.92 Å². The first-order chi connectivity index (χ1) is 11.5. The third kappa shape index (κ3) is 3.48. The fraction of sp³-hybridized carbons (Fsp3) is 0.222. The van der Waals surface area contributed by atoms with Crippen LogP contribution in [-0.4, -0.2) is 24.5 Å². The lowest BCUT2D eigenvalue weighted by molar-refractivity contribution is -0.122. The number of anilines is 2. The van der Waals surface area contributed by atoms with Crippen molar-refractivity contribution in [1.29, 1.82) is 0 Å². The lowest BCUT2D eigenvalue weighted by Gasteiger charge is -2.23. The number of rotatable bonds is 4. The monoisotopic (exact) mass is 326 g/mol. The average Bonchev–Trinajstić information content (AvgIpc) is 2.55. The molecule has 2 aromatic carbocycles. The second-order valence-electron chi connectivity index (χ2n) is 5.56. The predicted molar refractivity (Wildman–Crippen MR) is 90.5 cm³/mol. The largest absolute Gasteiger partial charge is 0.483 e. The van der Waals surface area contributed by atoms with Gasteiger partial charge < -0.3 is 20.1 Å². The van der Waals surface area contributed by atoms with Crippen molar-refractivity contribution in [2.75, 3.05) is 17.2 Å². The summed E-state index contributed by atoms with van der Waals surface area (Å²) in [7, 11) is 0. The second-order valence-corrected chi connectivity index (χ2v) is 5.56. The molecule has 2 aromatic rings. The molecule has 2 N–H and O–H groups in total. The topological polar surface area (TPSA) is 76.7 Å². The number of fused-ring (bicyclic) bond motifs is 1. The highest BCUT2D eigenvalue weighted by molar-refractivity contribution is 5.99. The molecule has 0 radical (unpaired) electrons. The van der Waals surface area contributed by atoms with Crippen molar-refractivity contribution in [3.8, 4) is 11.5 Å². The first-order valence-corrected chi connectivity index (χ1v) is 7.63. The maximum absolute atomic E-state index is 12.0. The Morgan fingerprint density at radius 3 is 2.88 bits per heavy atom. The summed E-state index contributed by atoms with van der Waals surface area (Å²) in [4.78, 5) is 23.7. The molecule has 1 aliphatic heterocycles. The molecule has 6 heteroatoms. The Kier molecular flexibility index (Phi) is 4.37. The number of amides is 2. The van der Waals surface area contributed by atoms with E-state index in [1.54, 1.807) is 25.1 Å². The van der Waals surface area contributed by atoms with Crippen molar-refractivity contribution < 1.29 is 19.1 Å². The molecule has 1 unspecified atom stereocenters. The van der Waals surface area contributed by atoms with Gasteiger partial charge in [-0.05, 0) is 43.7 Å². The summed E-state index contributed by atoms with van der Waals surface area (Å²) in [5.74, 6) is 0.757. The Morgan fingerprint density at radius 2 is 2.08 bits per heavy atom. The van der Waals surface area contributed by atoms with Crippen molar-refractivity contribution >= 4 is 23.2 Å². The Bertz CT molecular complexity index is 788. The summed E-state index contributed by atoms with van der Waals surface area (Å²) in [6.45, 7) is 3.50. The molecular weight excluding hydrogens is 308 g/mol. The van der Waals surface area contributed by atoms with Crippen LogP contribution in [0.3, 0.4) is 0 Å². The van der Waals surface area contributed by atoms with Gasteiger partial charge in [-0.1, -0.05) is 18.2 Å². The first kappa shape index (κ1) is 15.9. The van der Waals surface area contributed by atoms with Crippen LogP contribution in [0.5, 0.6) is 11.5 Å². The highest BCUT2D eigenvalue weighted by Crippen LogP contribution is 2.32. The van der Waals surface area contributed by atoms with Crippen molar-refractivity contribution in [3.05, 3.63) is 48.0 Å². The van der Waals surface area contributed by atoms with Crippen molar-refractivity contribution in [2.45, 2.75) is 20.0 Å². The van der Waals surface area contributed by atoms with Crippen LogP contribution in [-0.2, 0) is 9.59 Å². The normalized spacial score (nSPS) is 15.8. The average molecular weight is 326 g/mol. The van der Waals surface area contributed by atoms with Crippen molar-refractivity contribution in [1.82, 2.24) is 0 Å². The highest BCUT2D eigenvalue weighted by atomic mass is 16.5. The van der Waals surface area contributed by atoms with E-state index in [-0.39, 0.29) is 18.4 Å². The number of nitrogens with one attached hydrogen (secondary N) is 2. The molecule has 6 nitrogen and oxygen atoms in total. The van der Waals surface area contributed by atoms with Gasteiger partial charge in [0, 0.05) is 5.69 Å². The first-order valence-electron chi connectivity index (χ1n) is 7.63. The van der Waals surface area contributed by atoms with E-state index in [2.05, 4.69) is 10.6 Å². The SMILES string of the molecule is Cc1ccccc1OCC(=O)Nc1ccc2c(c1)NC(=O)C(C)O2. The van der Waals surface area contributed by atoms with E-state index in [4.69, 9.17) is 9.47 Å².